The van der Waals surface area contributed by atoms with Crippen molar-refractivity contribution in [3.63, 3.8) is 0 Å². The first-order valence-corrected chi connectivity index (χ1v) is 7.64. The van der Waals surface area contributed by atoms with E-state index in [-0.39, 0.29) is 12.6 Å². The summed E-state index contributed by atoms with van der Waals surface area (Å²) in [5.74, 6) is 1.69. The summed E-state index contributed by atoms with van der Waals surface area (Å²) in [6, 6.07) is 5.71. The van der Waals surface area contributed by atoms with E-state index >= 15 is 0 Å². The fourth-order valence-corrected chi connectivity index (χ4v) is 2.74. The Labute approximate surface area is 125 Å². The topological polar surface area (TPSA) is 38.8 Å². The molecule has 0 aliphatic carbocycles. The zero-order valence-electron chi connectivity index (χ0n) is 12.2. The molecule has 2 heterocycles. The van der Waals surface area contributed by atoms with Crippen molar-refractivity contribution in [1.29, 1.82) is 0 Å². The largest absolute Gasteiger partial charge is 0.454 e. The van der Waals surface area contributed by atoms with E-state index in [0.29, 0.717) is 6.42 Å². The lowest BCUT2D eigenvalue weighted by Gasteiger charge is -2.25. The number of likely N-dealkylation sites (tertiary alicyclic amines) is 1. The molecule has 112 valence electrons. The van der Waals surface area contributed by atoms with Gasteiger partial charge in [-0.3, -0.25) is 4.79 Å². The van der Waals surface area contributed by atoms with E-state index in [9.17, 15) is 4.79 Å². The van der Waals surface area contributed by atoms with E-state index in [2.05, 4.69) is 4.90 Å². The fraction of sp³-hybridized carbons (Fsp3) is 0.471. The molecule has 0 aromatic heterocycles. The molecule has 0 atom stereocenters. The lowest BCUT2D eigenvalue weighted by Crippen LogP contribution is -2.31. The van der Waals surface area contributed by atoms with Crippen LogP contribution >= 0.6 is 0 Å². The highest BCUT2D eigenvalue weighted by Crippen LogP contribution is 2.32. The third-order valence-electron chi connectivity index (χ3n) is 3.98. The third kappa shape index (κ3) is 3.85. The zero-order valence-corrected chi connectivity index (χ0v) is 12.2. The smallest absolute Gasteiger partial charge is 0.231 e. The summed E-state index contributed by atoms with van der Waals surface area (Å²) in [6.45, 7) is 3.43. The predicted octanol–water partition coefficient (Wildman–Crippen LogP) is 2.87. The monoisotopic (exact) mass is 287 g/mol. The quantitative estimate of drug-likeness (QED) is 0.781. The molecule has 21 heavy (non-hydrogen) atoms. The lowest BCUT2D eigenvalue weighted by atomic mass is 10.1. The number of ether oxygens (including phenoxy) is 2. The van der Waals surface area contributed by atoms with E-state index < -0.39 is 0 Å². The van der Waals surface area contributed by atoms with Gasteiger partial charge >= 0.3 is 0 Å². The predicted molar refractivity (Wildman–Crippen MR) is 81.5 cm³/mol. The van der Waals surface area contributed by atoms with Crippen LogP contribution in [0, 0.1) is 0 Å². The van der Waals surface area contributed by atoms with E-state index in [1.54, 1.807) is 6.08 Å². The number of ketones is 1. The first-order chi connectivity index (χ1) is 10.3. The van der Waals surface area contributed by atoms with Crippen LogP contribution in [0.2, 0.25) is 0 Å². The van der Waals surface area contributed by atoms with E-state index in [1.807, 2.05) is 24.3 Å². The summed E-state index contributed by atoms with van der Waals surface area (Å²) in [5, 5.41) is 0. The molecule has 2 aliphatic rings. The number of carbonyl (C=O) groups excluding carboxylic acids is 1. The van der Waals surface area contributed by atoms with Crippen molar-refractivity contribution >= 4 is 11.9 Å². The second kappa shape index (κ2) is 6.76. The van der Waals surface area contributed by atoms with Gasteiger partial charge in [0.1, 0.15) is 0 Å². The van der Waals surface area contributed by atoms with Crippen molar-refractivity contribution in [2.75, 3.05) is 26.4 Å². The Morgan fingerprint density at radius 2 is 1.95 bits per heavy atom. The van der Waals surface area contributed by atoms with Gasteiger partial charge in [0.2, 0.25) is 6.79 Å². The Balaban J connectivity index is 1.49. The summed E-state index contributed by atoms with van der Waals surface area (Å²) >= 11 is 0. The van der Waals surface area contributed by atoms with Crippen LogP contribution in [-0.2, 0) is 4.79 Å². The summed E-state index contributed by atoms with van der Waals surface area (Å²) in [6.07, 6.45) is 7.97. The molecule has 4 nitrogen and oxygen atoms in total. The van der Waals surface area contributed by atoms with Gasteiger partial charge in [-0.1, -0.05) is 18.6 Å². The minimum atomic E-state index is 0.179. The normalized spacial score (nSPS) is 18.3. The summed E-state index contributed by atoms with van der Waals surface area (Å²) < 4.78 is 10.6. The number of rotatable bonds is 5. The lowest BCUT2D eigenvalue weighted by molar-refractivity contribution is -0.114. The standard InChI is InChI=1S/C17H21NO3/c19-15(8-11-18-9-2-1-3-10-18)6-4-14-5-7-16-17(12-14)21-13-20-16/h4-7,12H,1-3,8-11,13H2/b6-4+. The summed E-state index contributed by atoms with van der Waals surface area (Å²) in [4.78, 5) is 14.3. The van der Waals surface area contributed by atoms with Crippen molar-refractivity contribution in [3.05, 3.63) is 29.8 Å². The molecule has 1 aromatic carbocycles. The molecule has 4 heteroatoms. The SMILES string of the molecule is O=C(/C=C/c1ccc2c(c1)OCO2)CCN1CCCCC1. The van der Waals surface area contributed by atoms with Crippen LogP contribution < -0.4 is 9.47 Å². The summed E-state index contributed by atoms with van der Waals surface area (Å²) in [7, 11) is 0. The van der Waals surface area contributed by atoms with Gasteiger partial charge in [0, 0.05) is 13.0 Å². The second-order valence-electron chi connectivity index (χ2n) is 5.56. The number of hydrogen-bond donors (Lipinski definition) is 0. The van der Waals surface area contributed by atoms with Crippen LogP contribution in [0.15, 0.2) is 24.3 Å². The van der Waals surface area contributed by atoms with Crippen LogP contribution in [0.3, 0.4) is 0 Å². The number of hydrogen-bond acceptors (Lipinski definition) is 4. The van der Waals surface area contributed by atoms with E-state index in [1.165, 1.54) is 19.3 Å². The van der Waals surface area contributed by atoms with Crippen LogP contribution in [-0.4, -0.2) is 37.1 Å². The number of fused-ring (bicyclic) bond motifs is 1. The third-order valence-corrected chi connectivity index (χ3v) is 3.98. The first-order valence-electron chi connectivity index (χ1n) is 7.64. The average molecular weight is 287 g/mol. The Kier molecular flexibility index (Phi) is 4.55. The molecule has 0 amide bonds. The number of piperidine rings is 1. The van der Waals surface area contributed by atoms with Gasteiger partial charge < -0.3 is 14.4 Å². The Bertz CT molecular complexity index is 533. The van der Waals surface area contributed by atoms with Gasteiger partial charge in [0.25, 0.3) is 0 Å². The molecule has 0 unspecified atom stereocenters. The maximum atomic E-state index is 11.9. The van der Waals surface area contributed by atoms with Gasteiger partial charge in [-0.2, -0.15) is 0 Å². The van der Waals surface area contributed by atoms with Crippen molar-refractivity contribution < 1.29 is 14.3 Å². The van der Waals surface area contributed by atoms with Gasteiger partial charge in [-0.15, -0.1) is 0 Å². The number of nitrogens with zero attached hydrogens (tertiary/aromatic N) is 1. The molecular weight excluding hydrogens is 266 g/mol. The van der Waals surface area contributed by atoms with Crippen LogP contribution in [0.25, 0.3) is 6.08 Å². The van der Waals surface area contributed by atoms with Crippen molar-refractivity contribution in [3.8, 4) is 11.5 Å². The van der Waals surface area contributed by atoms with Crippen molar-refractivity contribution in [2.24, 2.45) is 0 Å². The Hall–Kier alpha value is -1.81. The first kappa shape index (κ1) is 14.1. The van der Waals surface area contributed by atoms with E-state index in [4.69, 9.17) is 9.47 Å². The van der Waals surface area contributed by atoms with Gasteiger partial charge in [0.15, 0.2) is 17.3 Å². The maximum Gasteiger partial charge on any atom is 0.231 e. The maximum absolute atomic E-state index is 11.9. The minimum absolute atomic E-state index is 0.179. The number of benzene rings is 1. The highest BCUT2D eigenvalue weighted by Gasteiger charge is 2.13. The molecule has 0 bridgehead atoms. The van der Waals surface area contributed by atoms with Crippen molar-refractivity contribution in [2.45, 2.75) is 25.7 Å². The number of carbonyl (C=O) groups is 1. The van der Waals surface area contributed by atoms with Crippen LogP contribution in [0.4, 0.5) is 0 Å². The van der Waals surface area contributed by atoms with Gasteiger partial charge in [0.05, 0.1) is 0 Å². The number of allylic oxidation sites excluding steroid dienone is 1. The molecule has 1 aromatic rings. The van der Waals surface area contributed by atoms with Gasteiger partial charge in [-0.25, -0.2) is 0 Å². The Morgan fingerprint density at radius 3 is 2.81 bits per heavy atom. The summed E-state index contributed by atoms with van der Waals surface area (Å²) in [5.41, 5.74) is 0.963. The van der Waals surface area contributed by atoms with Crippen LogP contribution in [0.1, 0.15) is 31.2 Å². The van der Waals surface area contributed by atoms with E-state index in [0.717, 1.165) is 36.7 Å². The Morgan fingerprint density at radius 1 is 1.14 bits per heavy atom. The molecule has 3 rings (SSSR count). The zero-order chi connectivity index (χ0) is 14.5. The molecule has 0 spiro atoms. The highest BCUT2D eigenvalue weighted by molar-refractivity contribution is 5.93. The molecule has 1 saturated heterocycles. The van der Waals surface area contributed by atoms with Crippen LogP contribution in [0.5, 0.6) is 11.5 Å². The molecular formula is C17H21NO3. The fourth-order valence-electron chi connectivity index (χ4n) is 2.74. The van der Waals surface area contributed by atoms with Gasteiger partial charge in [-0.05, 0) is 49.7 Å². The highest BCUT2D eigenvalue weighted by atomic mass is 16.7. The van der Waals surface area contributed by atoms with Crippen molar-refractivity contribution in [1.82, 2.24) is 4.90 Å². The average Bonchev–Trinajstić information content (AvgIpc) is 2.99. The molecule has 0 N–H and O–H groups in total. The minimum Gasteiger partial charge on any atom is -0.454 e. The molecule has 1 fully saturated rings. The molecule has 0 saturated carbocycles. The molecule has 0 radical (unpaired) electrons. The second-order valence-corrected chi connectivity index (χ2v) is 5.56. The molecule has 2 aliphatic heterocycles.